The van der Waals surface area contributed by atoms with Gasteiger partial charge in [-0.1, -0.05) is 11.6 Å². The second-order valence-corrected chi connectivity index (χ2v) is 4.73. The van der Waals surface area contributed by atoms with Crippen LogP contribution in [-0.4, -0.2) is 24.0 Å². The van der Waals surface area contributed by atoms with E-state index in [0.29, 0.717) is 5.02 Å². The lowest BCUT2D eigenvalue weighted by molar-refractivity contribution is 0.572. The molecule has 1 aromatic rings. The fraction of sp³-hybridized carbons (Fsp3) is 0.545. The van der Waals surface area contributed by atoms with E-state index in [1.807, 2.05) is 12.1 Å². The van der Waals surface area contributed by atoms with Crippen LogP contribution in [0.1, 0.15) is 12.8 Å². The summed E-state index contributed by atoms with van der Waals surface area (Å²) in [7, 11) is 0. The van der Waals surface area contributed by atoms with Crippen LogP contribution in [0.4, 0.5) is 5.82 Å². The van der Waals surface area contributed by atoms with Gasteiger partial charge >= 0.3 is 0 Å². The van der Waals surface area contributed by atoms with Crippen molar-refractivity contribution in [3.05, 3.63) is 23.4 Å². The summed E-state index contributed by atoms with van der Waals surface area (Å²) in [6, 6.07) is 3.87. The highest BCUT2D eigenvalue weighted by Crippen LogP contribution is 2.24. The van der Waals surface area contributed by atoms with Gasteiger partial charge in [-0.2, -0.15) is 0 Å². The SMILES string of the molecule is ClCCC1CCN(c2ccc(Cl)cn2)C1. The zero-order valence-corrected chi connectivity index (χ0v) is 10.0. The molecule has 1 fully saturated rings. The van der Waals surface area contributed by atoms with Crippen LogP contribution in [0.5, 0.6) is 0 Å². The molecular weight excluding hydrogens is 231 g/mol. The molecule has 0 aliphatic carbocycles. The predicted molar refractivity (Wildman–Crippen MR) is 64.9 cm³/mol. The lowest BCUT2D eigenvalue weighted by atomic mass is 10.1. The molecule has 1 aromatic heterocycles. The number of pyridine rings is 1. The van der Waals surface area contributed by atoms with Crippen LogP contribution < -0.4 is 4.90 Å². The Kier molecular flexibility index (Phi) is 3.71. The Hall–Kier alpha value is -0.470. The molecule has 1 atom stereocenters. The van der Waals surface area contributed by atoms with Crippen molar-refractivity contribution in [2.75, 3.05) is 23.9 Å². The van der Waals surface area contributed by atoms with Gasteiger partial charge in [-0.05, 0) is 30.9 Å². The maximum absolute atomic E-state index is 5.80. The van der Waals surface area contributed by atoms with Crippen molar-refractivity contribution >= 4 is 29.0 Å². The Morgan fingerprint density at radius 1 is 1.47 bits per heavy atom. The summed E-state index contributed by atoms with van der Waals surface area (Å²) in [5.74, 6) is 2.50. The van der Waals surface area contributed by atoms with Crippen molar-refractivity contribution in [3.63, 3.8) is 0 Å². The third kappa shape index (κ3) is 2.76. The normalized spacial score (nSPS) is 20.9. The summed E-state index contributed by atoms with van der Waals surface area (Å²) in [4.78, 5) is 6.61. The number of alkyl halides is 1. The van der Waals surface area contributed by atoms with E-state index in [-0.39, 0.29) is 0 Å². The molecule has 15 heavy (non-hydrogen) atoms. The fourth-order valence-corrected chi connectivity index (χ4v) is 2.41. The molecule has 0 bridgehead atoms. The standard InChI is InChI=1S/C11H14Cl2N2/c12-5-3-9-4-6-15(8-9)11-2-1-10(13)7-14-11/h1-2,7,9H,3-6,8H2. The minimum absolute atomic E-state index is 0.690. The number of nitrogens with zero attached hydrogens (tertiary/aromatic N) is 2. The lowest BCUT2D eigenvalue weighted by Gasteiger charge is -2.17. The van der Waals surface area contributed by atoms with Crippen LogP contribution in [0, 0.1) is 5.92 Å². The molecule has 1 aliphatic heterocycles. The molecule has 1 saturated heterocycles. The molecule has 0 amide bonds. The van der Waals surface area contributed by atoms with Crippen molar-refractivity contribution in [1.29, 1.82) is 0 Å². The summed E-state index contributed by atoms with van der Waals surface area (Å²) in [5, 5.41) is 0.690. The van der Waals surface area contributed by atoms with E-state index in [9.17, 15) is 0 Å². The first kappa shape index (κ1) is 11.0. The molecule has 0 aromatic carbocycles. The molecule has 1 unspecified atom stereocenters. The fourth-order valence-electron chi connectivity index (χ4n) is 1.99. The van der Waals surface area contributed by atoms with Gasteiger partial charge < -0.3 is 4.90 Å². The minimum atomic E-state index is 0.690. The van der Waals surface area contributed by atoms with Crippen molar-refractivity contribution in [3.8, 4) is 0 Å². The molecule has 4 heteroatoms. The van der Waals surface area contributed by atoms with Crippen molar-refractivity contribution in [2.24, 2.45) is 5.92 Å². The van der Waals surface area contributed by atoms with Crippen LogP contribution in [0.15, 0.2) is 18.3 Å². The third-order valence-electron chi connectivity index (χ3n) is 2.84. The Labute approximate surface area is 100 Å². The maximum Gasteiger partial charge on any atom is 0.128 e. The van der Waals surface area contributed by atoms with Gasteiger partial charge in [0.25, 0.3) is 0 Å². The summed E-state index contributed by atoms with van der Waals surface area (Å²) in [6.45, 7) is 2.15. The molecule has 0 saturated carbocycles. The molecule has 2 heterocycles. The Morgan fingerprint density at radius 3 is 3.00 bits per heavy atom. The molecule has 2 rings (SSSR count). The van der Waals surface area contributed by atoms with Gasteiger partial charge in [0, 0.05) is 25.2 Å². The van der Waals surface area contributed by atoms with Gasteiger partial charge in [0.2, 0.25) is 0 Å². The van der Waals surface area contributed by atoms with E-state index in [1.54, 1.807) is 6.20 Å². The lowest BCUT2D eigenvalue weighted by Crippen LogP contribution is -2.20. The maximum atomic E-state index is 5.80. The molecule has 2 nitrogen and oxygen atoms in total. The zero-order chi connectivity index (χ0) is 10.7. The molecular formula is C11H14Cl2N2. The predicted octanol–water partition coefficient (Wildman–Crippen LogP) is 3.19. The van der Waals surface area contributed by atoms with Crippen molar-refractivity contribution in [1.82, 2.24) is 4.98 Å². The summed E-state index contributed by atoms with van der Waals surface area (Å²) >= 11 is 11.5. The highest BCUT2D eigenvalue weighted by atomic mass is 35.5. The van der Waals surface area contributed by atoms with Gasteiger partial charge in [-0.25, -0.2) is 4.98 Å². The molecule has 0 radical (unpaired) electrons. The van der Waals surface area contributed by atoms with Gasteiger partial charge in [-0.3, -0.25) is 0 Å². The van der Waals surface area contributed by atoms with Gasteiger partial charge in [0.1, 0.15) is 5.82 Å². The van der Waals surface area contributed by atoms with E-state index in [1.165, 1.54) is 6.42 Å². The van der Waals surface area contributed by atoms with Gasteiger partial charge in [0.15, 0.2) is 0 Å². The quantitative estimate of drug-likeness (QED) is 0.760. The largest absolute Gasteiger partial charge is 0.356 e. The van der Waals surface area contributed by atoms with Gasteiger partial charge in [0.05, 0.1) is 5.02 Å². The zero-order valence-electron chi connectivity index (χ0n) is 8.50. The van der Waals surface area contributed by atoms with Crippen LogP contribution in [-0.2, 0) is 0 Å². The average Bonchev–Trinajstić information content (AvgIpc) is 2.68. The van der Waals surface area contributed by atoms with Crippen LogP contribution in [0.25, 0.3) is 0 Å². The first-order valence-corrected chi connectivity index (χ1v) is 6.13. The molecule has 82 valence electrons. The summed E-state index contributed by atoms with van der Waals surface area (Å²) in [5.41, 5.74) is 0. The number of rotatable bonds is 3. The van der Waals surface area contributed by atoms with E-state index in [4.69, 9.17) is 23.2 Å². The first-order valence-electron chi connectivity index (χ1n) is 5.22. The van der Waals surface area contributed by atoms with Crippen LogP contribution in [0.2, 0.25) is 5.02 Å². The topological polar surface area (TPSA) is 16.1 Å². The molecule has 0 spiro atoms. The molecule has 0 N–H and O–H groups in total. The molecule has 1 aliphatic rings. The number of hydrogen-bond acceptors (Lipinski definition) is 2. The second kappa shape index (κ2) is 5.04. The van der Waals surface area contributed by atoms with Crippen molar-refractivity contribution in [2.45, 2.75) is 12.8 Å². The Bertz CT molecular complexity index is 313. The third-order valence-corrected chi connectivity index (χ3v) is 3.28. The summed E-state index contributed by atoms with van der Waals surface area (Å²) < 4.78 is 0. The number of aromatic nitrogens is 1. The monoisotopic (exact) mass is 244 g/mol. The minimum Gasteiger partial charge on any atom is -0.356 e. The average molecular weight is 245 g/mol. The van der Waals surface area contributed by atoms with Gasteiger partial charge in [-0.15, -0.1) is 11.6 Å². The second-order valence-electron chi connectivity index (χ2n) is 3.91. The smallest absolute Gasteiger partial charge is 0.128 e. The Morgan fingerprint density at radius 2 is 2.33 bits per heavy atom. The van der Waals surface area contributed by atoms with E-state index in [0.717, 1.165) is 37.1 Å². The number of hydrogen-bond donors (Lipinski definition) is 0. The van der Waals surface area contributed by atoms with Crippen molar-refractivity contribution < 1.29 is 0 Å². The highest BCUT2D eigenvalue weighted by molar-refractivity contribution is 6.30. The number of halogens is 2. The van der Waals surface area contributed by atoms with E-state index in [2.05, 4.69) is 9.88 Å². The van der Waals surface area contributed by atoms with E-state index >= 15 is 0 Å². The Balaban J connectivity index is 1.98. The summed E-state index contributed by atoms with van der Waals surface area (Å²) in [6.07, 6.45) is 4.02. The van der Waals surface area contributed by atoms with E-state index < -0.39 is 0 Å². The number of anilines is 1. The van der Waals surface area contributed by atoms with Crippen LogP contribution in [0.3, 0.4) is 0 Å². The van der Waals surface area contributed by atoms with Crippen LogP contribution >= 0.6 is 23.2 Å². The highest BCUT2D eigenvalue weighted by Gasteiger charge is 2.22. The first-order chi connectivity index (χ1) is 7.29.